The number of unbranched alkanes of at least 4 members (excludes halogenated alkanes) is 31. The Bertz CT molecular complexity index is 1790. The second-order valence-corrected chi connectivity index (χ2v) is 29.7. The third kappa shape index (κ3) is 61.0. The van der Waals surface area contributed by atoms with Crippen molar-refractivity contribution >= 4 is 39.5 Å². The van der Waals surface area contributed by atoms with Gasteiger partial charge in [0.05, 0.1) is 26.4 Å². The topological polar surface area (TPSA) is 237 Å². The van der Waals surface area contributed by atoms with Crippen LogP contribution in [0.2, 0.25) is 0 Å². The van der Waals surface area contributed by atoms with Gasteiger partial charge in [-0.05, 0) is 49.4 Å². The van der Waals surface area contributed by atoms with Crippen LogP contribution in [-0.4, -0.2) is 96.7 Å². The molecule has 0 rings (SSSR count). The maximum Gasteiger partial charge on any atom is 0.472 e. The smallest absolute Gasteiger partial charge is 0.462 e. The van der Waals surface area contributed by atoms with E-state index in [9.17, 15) is 43.2 Å². The minimum Gasteiger partial charge on any atom is -0.462 e. The van der Waals surface area contributed by atoms with Gasteiger partial charge in [0.2, 0.25) is 0 Å². The highest BCUT2D eigenvalue weighted by Gasteiger charge is 2.30. The number of phosphoric ester groups is 2. The Morgan fingerprint density at radius 1 is 0.311 bits per heavy atom. The lowest BCUT2D eigenvalue weighted by atomic mass is 9.99. The van der Waals surface area contributed by atoms with Crippen LogP contribution in [0.5, 0.6) is 0 Å². The number of hydrogen-bond acceptors (Lipinski definition) is 15. The molecule has 90 heavy (non-hydrogen) atoms. The normalized spacial score (nSPS) is 15.2. The van der Waals surface area contributed by atoms with E-state index in [1.165, 1.54) is 148 Å². The lowest BCUT2D eigenvalue weighted by Crippen LogP contribution is -2.30. The van der Waals surface area contributed by atoms with Crippen LogP contribution >= 0.6 is 15.6 Å². The Labute approximate surface area is 549 Å². The summed E-state index contributed by atoms with van der Waals surface area (Å²) in [7, 11) is -9.91. The highest BCUT2D eigenvalue weighted by Crippen LogP contribution is 2.45. The molecule has 0 amide bonds. The standard InChI is InChI=1S/C71H138O17P2/c1-9-62(6)48-40-32-24-18-15-16-20-28-38-46-54-71(76)87-66(57-81-68(73)51-43-35-26-22-21-25-33-41-49-63(7)10-2)59-85-89(77,78)83-55-65(72)56-84-90(79,80)86-60-67(58-82-69(74)52-44-36-30-29-34-42-50-64(8)11-3)88-70(75)53-45-37-27-19-14-12-13-17-23-31-39-47-61(4)5/h61-67,72H,9-60H2,1-8H3,(H,77,78)(H,79,80)/t62?,63?,64?,65-,66-,67-/m1/s1. The van der Waals surface area contributed by atoms with Gasteiger partial charge < -0.3 is 33.8 Å². The van der Waals surface area contributed by atoms with Crippen LogP contribution in [0.1, 0.15) is 351 Å². The summed E-state index contributed by atoms with van der Waals surface area (Å²) in [5.41, 5.74) is 0. The SMILES string of the molecule is CCC(C)CCCCCCCCCCCCC(=O)O[C@H](COC(=O)CCCCCCCCCCC(C)CC)COP(=O)(O)OC[C@@H](O)COP(=O)(O)OC[C@@H](COC(=O)CCCCCCCCC(C)CC)OC(=O)CCCCCCCCCCCCCC(C)C. The van der Waals surface area contributed by atoms with Crippen molar-refractivity contribution in [3.05, 3.63) is 0 Å². The maximum absolute atomic E-state index is 13.0. The van der Waals surface area contributed by atoms with Gasteiger partial charge in [0, 0.05) is 25.7 Å². The first-order valence-electron chi connectivity index (χ1n) is 36.8. The molecule has 0 aliphatic rings. The molecule has 0 aliphatic heterocycles. The highest BCUT2D eigenvalue weighted by molar-refractivity contribution is 7.47. The van der Waals surface area contributed by atoms with Crippen LogP contribution in [0, 0.1) is 23.7 Å². The van der Waals surface area contributed by atoms with Crippen molar-refractivity contribution in [2.45, 2.75) is 369 Å². The zero-order chi connectivity index (χ0) is 66.8. The van der Waals surface area contributed by atoms with Crippen LogP contribution in [0.25, 0.3) is 0 Å². The number of aliphatic hydroxyl groups excluding tert-OH is 1. The van der Waals surface area contributed by atoms with Crippen molar-refractivity contribution in [1.29, 1.82) is 0 Å². The number of carbonyl (C=O) groups excluding carboxylic acids is 4. The molecule has 19 heteroatoms. The van der Waals surface area contributed by atoms with Crippen LogP contribution < -0.4 is 0 Å². The summed E-state index contributed by atoms with van der Waals surface area (Å²) in [6.07, 6.45) is 42.9. The zero-order valence-corrected chi connectivity index (χ0v) is 60.6. The van der Waals surface area contributed by atoms with Crippen molar-refractivity contribution < 1.29 is 80.2 Å². The van der Waals surface area contributed by atoms with E-state index in [2.05, 4.69) is 55.4 Å². The van der Waals surface area contributed by atoms with Gasteiger partial charge in [0.25, 0.3) is 0 Å². The molecule has 0 aromatic heterocycles. The fourth-order valence-electron chi connectivity index (χ4n) is 10.6. The van der Waals surface area contributed by atoms with Gasteiger partial charge in [-0.3, -0.25) is 37.3 Å². The molecule has 0 fully saturated rings. The quantitative estimate of drug-likeness (QED) is 0.0222. The van der Waals surface area contributed by atoms with E-state index >= 15 is 0 Å². The Kier molecular flexibility index (Phi) is 59.4. The molecule has 5 unspecified atom stereocenters. The van der Waals surface area contributed by atoms with Crippen LogP contribution in [0.3, 0.4) is 0 Å². The molecule has 0 saturated heterocycles. The number of ether oxygens (including phenoxy) is 4. The molecule has 0 spiro atoms. The summed E-state index contributed by atoms with van der Waals surface area (Å²) < 4.78 is 68.3. The molecule has 0 aromatic carbocycles. The van der Waals surface area contributed by atoms with E-state index < -0.39 is 97.5 Å². The largest absolute Gasteiger partial charge is 0.472 e. The first kappa shape index (κ1) is 88.1. The van der Waals surface area contributed by atoms with E-state index in [-0.39, 0.29) is 25.7 Å². The molecule has 0 aromatic rings. The number of phosphoric acid groups is 2. The Balaban J connectivity index is 5.28. The van der Waals surface area contributed by atoms with Gasteiger partial charge >= 0.3 is 39.5 Å². The molecule has 8 atom stereocenters. The lowest BCUT2D eigenvalue weighted by Gasteiger charge is -2.21. The van der Waals surface area contributed by atoms with Crippen LogP contribution in [0.4, 0.5) is 0 Å². The number of esters is 4. The molecule has 534 valence electrons. The summed E-state index contributed by atoms with van der Waals surface area (Å²) in [5.74, 6) is 0.948. The number of carbonyl (C=O) groups is 4. The van der Waals surface area contributed by atoms with Gasteiger partial charge in [-0.2, -0.15) is 0 Å². The zero-order valence-electron chi connectivity index (χ0n) is 58.8. The number of hydrogen-bond donors (Lipinski definition) is 3. The minimum absolute atomic E-state index is 0.105. The van der Waals surface area contributed by atoms with Crippen LogP contribution in [0.15, 0.2) is 0 Å². The highest BCUT2D eigenvalue weighted by atomic mass is 31.2. The lowest BCUT2D eigenvalue weighted by molar-refractivity contribution is -0.161. The van der Waals surface area contributed by atoms with Crippen molar-refractivity contribution in [2.75, 3.05) is 39.6 Å². The fraction of sp³-hybridized carbons (Fsp3) is 0.944. The van der Waals surface area contributed by atoms with Gasteiger partial charge in [-0.15, -0.1) is 0 Å². The maximum atomic E-state index is 13.0. The first-order chi connectivity index (χ1) is 43.2. The van der Waals surface area contributed by atoms with E-state index in [0.29, 0.717) is 25.7 Å². The summed E-state index contributed by atoms with van der Waals surface area (Å²) in [5, 5.41) is 10.6. The fourth-order valence-corrected chi connectivity index (χ4v) is 12.1. The Hall–Kier alpha value is -1.94. The van der Waals surface area contributed by atoms with Gasteiger partial charge in [-0.1, -0.05) is 299 Å². The molecule has 0 radical (unpaired) electrons. The van der Waals surface area contributed by atoms with Crippen LogP contribution in [-0.2, 0) is 65.4 Å². The molecular weight excluding hydrogens is 1190 g/mol. The molecule has 0 aliphatic carbocycles. The van der Waals surface area contributed by atoms with Gasteiger partial charge in [-0.25, -0.2) is 9.13 Å². The molecule has 3 N–H and O–H groups in total. The number of rotatable bonds is 68. The summed E-state index contributed by atoms with van der Waals surface area (Å²) >= 11 is 0. The number of aliphatic hydroxyl groups is 1. The Morgan fingerprint density at radius 3 is 0.789 bits per heavy atom. The van der Waals surface area contributed by atoms with Gasteiger partial charge in [0.15, 0.2) is 12.2 Å². The molecule has 0 saturated carbocycles. The molecule has 17 nitrogen and oxygen atoms in total. The second kappa shape index (κ2) is 60.7. The summed E-state index contributed by atoms with van der Waals surface area (Å²) in [4.78, 5) is 72.6. The molecule has 0 heterocycles. The third-order valence-corrected chi connectivity index (χ3v) is 19.3. The molecule has 0 bridgehead atoms. The van der Waals surface area contributed by atoms with E-state index in [1.54, 1.807) is 0 Å². The third-order valence-electron chi connectivity index (χ3n) is 17.4. The van der Waals surface area contributed by atoms with E-state index in [0.717, 1.165) is 120 Å². The predicted octanol–water partition coefficient (Wildman–Crippen LogP) is 20.1. The molecular formula is C71H138O17P2. The van der Waals surface area contributed by atoms with E-state index in [4.69, 9.17) is 37.0 Å². The monoisotopic (exact) mass is 1320 g/mol. The van der Waals surface area contributed by atoms with Crippen molar-refractivity contribution in [3.63, 3.8) is 0 Å². The van der Waals surface area contributed by atoms with Crippen molar-refractivity contribution in [3.8, 4) is 0 Å². The summed E-state index contributed by atoms with van der Waals surface area (Å²) in [6, 6.07) is 0. The van der Waals surface area contributed by atoms with Crippen molar-refractivity contribution in [2.24, 2.45) is 23.7 Å². The average Bonchev–Trinajstić information content (AvgIpc) is 3.22. The van der Waals surface area contributed by atoms with E-state index in [1.807, 2.05) is 0 Å². The predicted molar refractivity (Wildman–Crippen MR) is 363 cm³/mol. The first-order valence-corrected chi connectivity index (χ1v) is 39.8. The van der Waals surface area contributed by atoms with Crippen molar-refractivity contribution in [1.82, 2.24) is 0 Å². The summed E-state index contributed by atoms with van der Waals surface area (Å²) in [6.45, 7) is 14.1. The second-order valence-electron chi connectivity index (χ2n) is 26.8. The average molecular weight is 1330 g/mol. The Morgan fingerprint density at radius 2 is 0.533 bits per heavy atom. The van der Waals surface area contributed by atoms with Gasteiger partial charge in [0.1, 0.15) is 19.3 Å². The minimum atomic E-state index is -4.95.